The van der Waals surface area contributed by atoms with E-state index in [1.165, 1.54) is 4.31 Å². The van der Waals surface area contributed by atoms with E-state index in [9.17, 15) is 13.2 Å². The molecule has 0 aromatic heterocycles. The van der Waals surface area contributed by atoms with Crippen molar-refractivity contribution in [1.29, 1.82) is 0 Å². The van der Waals surface area contributed by atoms with Gasteiger partial charge in [-0.3, -0.25) is 9.69 Å². The maximum atomic E-state index is 12.8. The monoisotopic (exact) mass is 325 g/mol. The van der Waals surface area contributed by atoms with E-state index in [1.807, 2.05) is 24.0 Å². The molecule has 1 aromatic carbocycles. The third-order valence-corrected chi connectivity index (χ3v) is 6.23. The van der Waals surface area contributed by atoms with Gasteiger partial charge in [-0.25, -0.2) is 8.42 Å². The molecular formula is C15H23N3O3S. The Morgan fingerprint density at radius 3 is 2.32 bits per heavy atom. The summed E-state index contributed by atoms with van der Waals surface area (Å²) in [5.74, 6) is -0.383. The van der Waals surface area contributed by atoms with Crippen molar-refractivity contribution in [1.82, 2.24) is 9.21 Å². The third kappa shape index (κ3) is 3.31. The zero-order valence-electron chi connectivity index (χ0n) is 13.2. The highest BCUT2D eigenvalue weighted by Crippen LogP contribution is 2.22. The average Bonchev–Trinajstić information content (AvgIpc) is 2.48. The number of carbonyl (C=O) groups is 1. The van der Waals surface area contributed by atoms with E-state index in [1.54, 1.807) is 19.9 Å². The number of hydrogen-bond donors (Lipinski definition) is 1. The molecule has 0 saturated carbocycles. The molecule has 6 nitrogen and oxygen atoms in total. The van der Waals surface area contributed by atoms with E-state index in [0.717, 1.165) is 11.1 Å². The average molecular weight is 325 g/mol. The number of rotatable bonds is 4. The highest BCUT2D eigenvalue weighted by molar-refractivity contribution is 7.89. The van der Waals surface area contributed by atoms with Crippen LogP contribution >= 0.6 is 0 Å². The van der Waals surface area contributed by atoms with Gasteiger partial charge in [0.1, 0.15) is 0 Å². The molecule has 1 heterocycles. The molecule has 0 bridgehead atoms. The van der Waals surface area contributed by atoms with Crippen molar-refractivity contribution in [2.45, 2.75) is 31.7 Å². The lowest BCUT2D eigenvalue weighted by Gasteiger charge is -2.36. The van der Waals surface area contributed by atoms with Crippen molar-refractivity contribution >= 4 is 15.9 Å². The highest BCUT2D eigenvalue weighted by Gasteiger charge is 2.31. The molecule has 1 aliphatic rings. The van der Waals surface area contributed by atoms with Gasteiger partial charge in [0.15, 0.2) is 0 Å². The number of aryl methyl sites for hydroxylation is 2. The van der Waals surface area contributed by atoms with Gasteiger partial charge >= 0.3 is 0 Å². The molecule has 122 valence electrons. The zero-order valence-corrected chi connectivity index (χ0v) is 14.1. The summed E-state index contributed by atoms with van der Waals surface area (Å²) in [4.78, 5) is 13.5. The largest absolute Gasteiger partial charge is 0.368 e. The third-order valence-electron chi connectivity index (χ3n) is 4.19. The molecule has 0 spiro atoms. The van der Waals surface area contributed by atoms with Crippen LogP contribution in [-0.4, -0.2) is 55.8 Å². The highest BCUT2D eigenvalue weighted by atomic mass is 32.2. The number of nitrogens with two attached hydrogens (primary N) is 1. The standard InChI is InChI=1S/C15H23N3O3S/c1-11-4-5-12(2)14(10-11)22(20,21)18-8-6-17(7-9-18)13(3)15(16)19/h4-5,10,13H,6-9H2,1-3H3,(H2,16,19)/t13-/m1/s1. The molecule has 0 aliphatic carbocycles. The maximum Gasteiger partial charge on any atom is 0.243 e. The van der Waals surface area contributed by atoms with Crippen molar-refractivity contribution in [2.24, 2.45) is 5.73 Å². The molecule has 2 N–H and O–H groups in total. The summed E-state index contributed by atoms with van der Waals surface area (Å²) >= 11 is 0. The van der Waals surface area contributed by atoms with E-state index in [4.69, 9.17) is 5.73 Å². The number of sulfonamides is 1. The first-order valence-corrected chi connectivity index (χ1v) is 8.78. The molecule has 2 rings (SSSR count). The van der Waals surface area contributed by atoms with E-state index in [0.29, 0.717) is 31.1 Å². The van der Waals surface area contributed by atoms with Crippen LogP contribution in [0, 0.1) is 13.8 Å². The summed E-state index contributed by atoms with van der Waals surface area (Å²) in [6.45, 7) is 7.18. The minimum absolute atomic E-state index is 0.365. The van der Waals surface area contributed by atoms with Gasteiger partial charge in [0.2, 0.25) is 15.9 Å². The van der Waals surface area contributed by atoms with Gasteiger partial charge in [0.25, 0.3) is 0 Å². The zero-order chi connectivity index (χ0) is 16.5. The lowest BCUT2D eigenvalue weighted by atomic mass is 10.2. The van der Waals surface area contributed by atoms with E-state index in [2.05, 4.69) is 0 Å². The summed E-state index contributed by atoms with van der Waals surface area (Å²) < 4.78 is 27.1. The second-order valence-corrected chi connectivity index (χ2v) is 7.69. The molecular weight excluding hydrogens is 302 g/mol. The van der Waals surface area contributed by atoms with Gasteiger partial charge in [0.05, 0.1) is 10.9 Å². The number of hydrogen-bond acceptors (Lipinski definition) is 4. The fourth-order valence-corrected chi connectivity index (χ4v) is 4.37. The SMILES string of the molecule is Cc1ccc(C)c(S(=O)(=O)N2CCN([C@H](C)C(N)=O)CC2)c1. The summed E-state index contributed by atoms with van der Waals surface area (Å²) in [5.41, 5.74) is 6.97. The van der Waals surface area contributed by atoms with E-state index >= 15 is 0 Å². The van der Waals surface area contributed by atoms with Crippen LogP contribution in [0.1, 0.15) is 18.1 Å². The molecule has 0 radical (unpaired) electrons. The summed E-state index contributed by atoms with van der Waals surface area (Å²) in [6, 6.07) is 5.07. The molecule has 0 unspecified atom stereocenters. The first-order valence-electron chi connectivity index (χ1n) is 7.34. The van der Waals surface area contributed by atoms with Crippen LogP contribution in [0.25, 0.3) is 0 Å². The molecule has 1 saturated heterocycles. The van der Waals surface area contributed by atoms with Crippen LogP contribution in [0.5, 0.6) is 0 Å². The first kappa shape index (κ1) is 16.9. The van der Waals surface area contributed by atoms with Crippen molar-refractivity contribution in [2.75, 3.05) is 26.2 Å². The van der Waals surface area contributed by atoms with Crippen LogP contribution in [0.4, 0.5) is 0 Å². The Morgan fingerprint density at radius 2 is 1.77 bits per heavy atom. The van der Waals surface area contributed by atoms with Crippen molar-refractivity contribution in [3.63, 3.8) is 0 Å². The summed E-state index contributed by atoms with van der Waals surface area (Å²) in [7, 11) is -3.49. The first-order chi connectivity index (χ1) is 10.2. The number of nitrogens with zero attached hydrogens (tertiary/aromatic N) is 2. The van der Waals surface area contributed by atoms with Gasteiger partial charge < -0.3 is 5.73 Å². The Bertz CT molecular complexity index is 665. The summed E-state index contributed by atoms with van der Waals surface area (Å²) in [6.07, 6.45) is 0. The Hall–Kier alpha value is -1.44. The van der Waals surface area contributed by atoms with Crippen LogP contribution in [-0.2, 0) is 14.8 Å². The quantitative estimate of drug-likeness (QED) is 0.873. The van der Waals surface area contributed by atoms with Gasteiger partial charge in [-0.1, -0.05) is 12.1 Å². The number of carbonyl (C=O) groups excluding carboxylic acids is 1. The van der Waals surface area contributed by atoms with Gasteiger partial charge in [-0.15, -0.1) is 0 Å². The fourth-order valence-electron chi connectivity index (χ4n) is 2.64. The summed E-state index contributed by atoms with van der Waals surface area (Å²) in [5, 5.41) is 0. The fraction of sp³-hybridized carbons (Fsp3) is 0.533. The van der Waals surface area contributed by atoms with Crippen LogP contribution in [0.2, 0.25) is 0 Å². The smallest absolute Gasteiger partial charge is 0.243 e. The minimum atomic E-state index is -3.49. The second kappa shape index (κ2) is 6.36. The normalized spacial score (nSPS) is 19.0. The Kier molecular flexibility index (Phi) is 4.89. The molecule has 1 atom stereocenters. The Balaban J connectivity index is 2.16. The lowest BCUT2D eigenvalue weighted by Crippen LogP contribution is -2.54. The van der Waals surface area contributed by atoms with Crippen molar-refractivity contribution < 1.29 is 13.2 Å². The van der Waals surface area contributed by atoms with Gasteiger partial charge in [-0.2, -0.15) is 4.31 Å². The van der Waals surface area contributed by atoms with Crippen molar-refractivity contribution in [3.05, 3.63) is 29.3 Å². The Morgan fingerprint density at radius 1 is 1.18 bits per heavy atom. The Labute approximate surface area is 131 Å². The van der Waals surface area contributed by atoms with Gasteiger partial charge in [0, 0.05) is 26.2 Å². The number of primary amides is 1. The van der Waals surface area contributed by atoms with E-state index in [-0.39, 0.29) is 11.9 Å². The van der Waals surface area contributed by atoms with Gasteiger partial charge in [-0.05, 0) is 38.0 Å². The molecule has 1 fully saturated rings. The van der Waals surface area contributed by atoms with E-state index < -0.39 is 10.0 Å². The number of amides is 1. The predicted molar refractivity (Wildman–Crippen MR) is 84.9 cm³/mol. The molecule has 1 aliphatic heterocycles. The topological polar surface area (TPSA) is 83.7 Å². The van der Waals surface area contributed by atoms with Crippen LogP contribution < -0.4 is 5.73 Å². The lowest BCUT2D eigenvalue weighted by molar-refractivity contribution is -0.123. The molecule has 1 aromatic rings. The van der Waals surface area contributed by atoms with Crippen molar-refractivity contribution in [3.8, 4) is 0 Å². The predicted octanol–water partition coefficient (Wildman–Crippen LogP) is 0.484. The number of benzene rings is 1. The molecule has 1 amide bonds. The van der Waals surface area contributed by atoms with Crippen LogP contribution in [0.15, 0.2) is 23.1 Å². The number of piperazine rings is 1. The molecule has 7 heteroatoms. The minimum Gasteiger partial charge on any atom is -0.368 e. The molecule has 22 heavy (non-hydrogen) atoms. The second-order valence-electron chi connectivity index (χ2n) is 5.79. The van der Waals surface area contributed by atoms with Crippen LogP contribution in [0.3, 0.4) is 0 Å². The maximum absolute atomic E-state index is 12.8.